The van der Waals surface area contributed by atoms with Crippen LogP contribution in [0.2, 0.25) is 0 Å². The molecular formula is C17H16N2O5. The zero-order valence-electron chi connectivity index (χ0n) is 12.5. The summed E-state index contributed by atoms with van der Waals surface area (Å²) in [6, 6.07) is 12.8. The summed E-state index contributed by atoms with van der Waals surface area (Å²) >= 11 is 0. The first kappa shape index (κ1) is 17.0. The van der Waals surface area contributed by atoms with Crippen LogP contribution in [-0.2, 0) is 9.59 Å². The number of amides is 2. The van der Waals surface area contributed by atoms with Gasteiger partial charge in [-0.3, -0.25) is 0 Å². The molecule has 2 atom stereocenters. The fraction of sp³-hybridized carbons (Fsp3) is 0.118. The van der Waals surface area contributed by atoms with E-state index in [1.54, 1.807) is 60.7 Å². The highest BCUT2D eigenvalue weighted by Crippen LogP contribution is 2.15. The molecule has 0 bridgehead atoms. The maximum atomic E-state index is 12.1. The number of aliphatic carboxylic acids is 2. The first-order valence-electron chi connectivity index (χ1n) is 7.11. The maximum Gasteiger partial charge on any atom is 0.330 e. The van der Waals surface area contributed by atoms with Gasteiger partial charge in [0.1, 0.15) is 0 Å². The standard InChI is InChI=1S/C17H16N2O5/c20-15(21)13(11-7-3-1-4-8-11)18-17(24)19-14(16(22)23)12-9-5-2-6-10-12/h1-10,13-14H,(H,20,21)(H,22,23)(H2,18,19,24). The van der Waals surface area contributed by atoms with Crippen LogP contribution in [0.1, 0.15) is 23.2 Å². The van der Waals surface area contributed by atoms with E-state index in [1.807, 2.05) is 0 Å². The summed E-state index contributed by atoms with van der Waals surface area (Å²) in [6.07, 6.45) is 0. The summed E-state index contributed by atoms with van der Waals surface area (Å²) in [6.45, 7) is 0. The Hall–Kier alpha value is -3.35. The second-order valence-electron chi connectivity index (χ2n) is 4.98. The maximum absolute atomic E-state index is 12.1. The number of carbonyl (C=O) groups excluding carboxylic acids is 1. The van der Waals surface area contributed by atoms with E-state index in [0.717, 1.165) is 0 Å². The molecule has 0 spiro atoms. The molecule has 0 aliphatic heterocycles. The summed E-state index contributed by atoms with van der Waals surface area (Å²) in [5.74, 6) is -2.49. The van der Waals surface area contributed by atoms with Crippen LogP contribution in [0.5, 0.6) is 0 Å². The van der Waals surface area contributed by atoms with Crippen molar-refractivity contribution in [3.8, 4) is 0 Å². The zero-order valence-corrected chi connectivity index (χ0v) is 12.5. The van der Waals surface area contributed by atoms with Crippen molar-refractivity contribution >= 4 is 18.0 Å². The van der Waals surface area contributed by atoms with E-state index >= 15 is 0 Å². The third-order valence-electron chi connectivity index (χ3n) is 3.31. The predicted molar refractivity (Wildman–Crippen MR) is 85.3 cm³/mol. The number of carboxylic acid groups (broad SMARTS) is 2. The SMILES string of the molecule is O=C(NC(C(=O)O)c1ccccc1)NC(C(=O)O)c1ccccc1. The average Bonchev–Trinajstić information content (AvgIpc) is 2.58. The molecule has 2 unspecified atom stereocenters. The molecule has 0 fully saturated rings. The highest BCUT2D eigenvalue weighted by Gasteiger charge is 2.26. The van der Waals surface area contributed by atoms with Crippen molar-refractivity contribution in [2.75, 3.05) is 0 Å². The van der Waals surface area contributed by atoms with Gasteiger partial charge in [0, 0.05) is 0 Å². The molecule has 0 saturated heterocycles. The van der Waals surface area contributed by atoms with Crippen LogP contribution in [0.3, 0.4) is 0 Å². The van der Waals surface area contributed by atoms with Crippen molar-refractivity contribution in [3.63, 3.8) is 0 Å². The third-order valence-corrected chi connectivity index (χ3v) is 3.31. The molecule has 4 N–H and O–H groups in total. The van der Waals surface area contributed by atoms with E-state index in [0.29, 0.717) is 11.1 Å². The van der Waals surface area contributed by atoms with E-state index in [-0.39, 0.29) is 0 Å². The van der Waals surface area contributed by atoms with Crippen LogP contribution in [0.15, 0.2) is 60.7 Å². The van der Waals surface area contributed by atoms with Gasteiger partial charge >= 0.3 is 18.0 Å². The number of rotatable bonds is 6. The first-order valence-corrected chi connectivity index (χ1v) is 7.11. The number of hydrogen-bond acceptors (Lipinski definition) is 3. The van der Waals surface area contributed by atoms with E-state index in [4.69, 9.17) is 0 Å². The van der Waals surface area contributed by atoms with Gasteiger partial charge in [0.15, 0.2) is 12.1 Å². The minimum Gasteiger partial charge on any atom is -0.479 e. The number of benzene rings is 2. The molecule has 2 rings (SSSR count). The molecule has 2 aromatic carbocycles. The molecule has 0 heterocycles. The number of nitrogens with one attached hydrogen (secondary N) is 2. The van der Waals surface area contributed by atoms with E-state index < -0.39 is 30.1 Å². The topological polar surface area (TPSA) is 116 Å². The number of hydrogen-bond donors (Lipinski definition) is 4. The lowest BCUT2D eigenvalue weighted by atomic mass is 10.1. The number of urea groups is 1. The normalized spacial score (nSPS) is 12.7. The van der Waals surface area contributed by atoms with Gasteiger partial charge in [0.2, 0.25) is 0 Å². The van der Waals surface area contributed by atoms with Gasteiger partial charge in [-0.15, -0.1) is 0 Å². The Morgan fingerprint density at radius 3 is 1.29 bits per heavy atom. The van der Waals surface area contributed by atoms with Gasteiger partial charge < -0.3 is 20.8 Å². The molecule has 2 amide bonds. The van der Waals surface area contributed by atoms with Crippen molar-refractivity contribution in [2.24, 2.45) is 0 Å². The van der Waals surface area contributed by atoms with Crippen LogP contribution < -0.4 is 10.6 Å². The van der Waals surface area contributed by atoms with Gasteiger partial charge in [-0.1, -0.05) is 60.7 Å². The van der Waals surface area contributed by atoms with Crippen molar-refractivity contribution in [2.45, 2.75) is 12.1 Å². The number of carbonyl (C=O) groups is 3. The lowest BCUT2D eigenvalue weighted by molar-refractivity contribution is -0.139. The lowest BCUT2D eigenvalue weighted by Crippen LogP contribution is -2.44. The van der Waals surface area contributed by atoms with Crippen molar-refractivity contribution < 1.29 is 24.6 Å². The Kier molecular flexibility index (Phi) is 5.51. The molecule has 7 heteroatoms. The largest absolute Gasteiger partial charge is 0.479 e. The highest BCUT2D eigenvalue weighted by molar-refractivity contribution is 5.87. The highest BCUT2D eigenvalue weighted by atomic mass is 16.4. The summed E-state index contributed by atoms with van der Waals surface area (Å²) in [5, 5.41) is 23.1. The monoisotopic (exact) mass is 328 g/mol. The second kappa shape index (κ2) is 7.77. The van der Waals surface area contributed by atoms with Gasteiger partial charge in [-0.2, -0.15) is 0 Å². The third kappa shape index (κ3) is 4.33. The summed E-state index contributed by atoms with van der Waals surface area (Å²) in [7, 11) is 0. The van der Waals surface area contributed by atoms with Crippen molar-refractivity contribution in [1.82, 2.24) is 10.6 Å². The molecule has 0 aromatic heterocycles. The first-order chi connectivity index (χ1) is 11.5. The molecular weight excluding hydrogens is 312 g/mol. The Bertz CT molecular complexity index is 657. The molecule has 2 aromatic rings. The molecule has 0 radical (unpaired) electrons. The lowest BCUT2D eigenvalue weighted by Gasteiger charge is -2.19. The van der Waals surface area contributed by atoms with Gasteiger partial charge in [0.05, 0.1) is 0 Å². The smallest absolute Gasteiger partial charge is 0.330 e. The predicted octanol–water partition coefficient (Wildman–Crippen LogP) is 1.94. The van der Waals surface area contributed by atoms with Crippen LogP contribution >= 0.6 is 0 Å². The molecule has 24 heavy (non-hydrogen) atoms. The van der Waals surface area contributed by atoms with Crippen molar-refractivity contribution in [3.05, 3.63) is 71.8 Å². The van der Waals surface area contributed by atoms with Crippen molar-refractivity contribution in [1.29, 1.82) is 0 Å². The molecule has 7 nitrogen and oxygen atoms in total. The quantitative estimate of drug-likeness (QED) is 0.647. The minimum absolute atomic E-state index is 0.381. The molecule has 0 aliphatic rings. The summed E-state index contributed by atoms with van der Waals surface area (Å²) in [4.78, 5) is 34.8. The molecule has 0 saturated carbocycles. The van der Waals surface area contributed by atoms with E-state index in [2.05, 4.69) is 10.6 Å². The summed E-state index contributed by atoms with van der Waals surface area (Å²) < 4.78 is 0. The van der Waals surface area contributed by atoms with E-state index in [9.17, 15) is 24.6 Å². The molecule has 124 valence electrons. The molecule has 0 aliphatic carbocycles. The van der Waals surface area contributed by atoms with E-state index in [1.165, 1.54) is 0 Å². The fourth-order valence-corrected chi connectivity index (χ4v) is 2.17. The average molecular weight is 328 g/mol. The van der Waals surface area contributed by atoms with Crippen LogP contribution in [0.25, 0.3) is 0 Å². The van der Waals surface area contributed by atoms with Gasteiger partial charge in [0.25, 0.3) is 0 Å². The minimum atomic E-state index is -1.28. The van der Waals surface area contributed by atoms with Gasteiger partial charge in [-0.25, -0.2) is 14.4 Å². The van der Waals surface area contributed by atoms with Crippen LogP contribution in [-0.4, -0.2) is 28.2 Å². The Balaban J connectivity index is 2.12. The fourth-order valence-electron chi connectivity index (χ4n) is 2.17. The Morgan fingerprint density at radius 1 is 0.667 bits per heavy atom. The second-order valence-corrected chi connectivity index (χ2v) is 4.98. The van der Waals surface area contributed by atoms with Crippen LogP contribution in [0.4, 0.5) is 4.79 Å². The summed E-state index contributed by atoms with van der Waals surface area (Å²) in [5.41, 5.74) is 0.762. The number of carboxylic acids is 2. The zero-order chi connectivity index (χ0) is 17.5. The Labute approximate surface area is 137 Å². The van der Waals surface area contributed by atoms with Crippen LogP contribution in [0, 0.1) is 0 Å². The van der Waals surface area contributed by atoms with Gasteiger partial charge in [-0.05, 0) is 11.1 Å². The Morgan fingerprint density at radius 2 is 1.00 bits per heavy atom.